The molecule has 0 amide bonds. The molecule has 0 radical (unpaired) electrons. The van der Waals surface area contributed by atoms with Gasteiger partial charge < -0.3 is 41.3 Å². The molecule has 4 fully saturated rings. The summed E-state index contributed by atoms with van der Waals surface area (Å²) >= 11 is 0. The van der Waals surface area contributed by atoms with Crippen molar-refractivity contribution in [2.45, 2.75) is 101 Å². The number of rotatable bonds is 10. The van der Waals surface area contributed by atoms with Crippen LogP contribution in [-0.2, 0) is 25.9 Å². The monoisotopic (exact) mass is 843 g/mol. The Balaban J connectivity index is 0.908. The van der Waals surface area contributed by atoms with Gasteiger partial charge in [-0.15, -0.1) is 0 Å². The van der Waals surface area contributed by atoms with E-state index >= 15 is 0 Å². The largest absolute Gasteiger partial charge is 0.390 e. The first-order chi connectivity index (χ1) is 30.4. The first kappa shape index (κ1) is 41.3. The number of hydrogen-bond donors (Lipinski definition) is 6. The average Bonchev–Trinajstić information content (AvgIpc) is 3.31. The minimum absolute atomic E-state index is 0.0298. The number of aromatic nitrogens is 4. The number of fused-ring (bicyclic) bond motifs is 2. The zero-order valence-corrected chi connectivity index (χ0v) is 35.8. The number of nitrogens with one attached hydrogen (secondary N) is 4. The van der Waals surface area contributed by atoms with Gasteiger partial charge in [0.15, 0.2) is 0 Å². The number of aliphatic hydroxyl groups excluding tert-OH is 2. The van der Waals surface area contributed by atoms with E-state index in [-0.39, 0.29) is 41.3 Å². The van der Waals surface area contributed by atoms with Crippen molar-refractivity contribution >= 4 is 29.3 Å². The molecule has 62 heavy (non-hydrogen) atoms. The third-order valence-electron chi connectivity index (χ3n) is 14.2. The highest BCUT2D eigenvalue weighted by molar-refractivity contribution is 6.07. The molecule has 10 rings (SSSR count). The topological polar surface area (TPSA) is 170 Å². The standard InChI is InChI=1S/C47H62N12O3/c60-41-29-58(23-15-39(41)56-21-13-31-5-1-3-7-33(31)27-56)46-52-37(25-43(54-46)50-35-9-17-48-18-10-35)45(62)38-26-44(51-36-11-19-49-20-12-36)55-47(53-38)59-24-16-40(42(61)30-59)57-22-14-32-6-2-4-8-34(32)28-57/h1-8,25-26,35-36,39-42,48-49,60-61H,9-24,27-30H2,(H,50,52,54)(H,51,53,55)/t39-,40-,41-,42-/m1/s1. The molecule has 2 aromatic heterocycles. The number of nitrogens with zero attached hydrogens (tertiary/aromatic N) is 8. The molecule has 0 aliphatic carbocycles. The van der Waals surface area contributed by atoms with E-state index in [1.165, 1.54) is 22.3 Å². The molecule has 2 aromatic carbocycles. The highest BCUT2D eigenvalue weighted by Crippen LogP contribution is 2.30. The molecular formula is C47H62N12O3. The molecule has 6 N–H and O–H groups in total. The van der Waals surface area contributed by atoms with Crippen molar-refractivity contribution in [2.75, 3.05) is 85.9 Å². The molecule has 15 nitrogen and oxygen atoms in total. The second-order valence-corrected chi connectivity index (χ2v) is 18.3. The Hall–Kier alpha value is -4.77. The number of ketones is 1. The van der Waals surface area contributed by atoms with Gasteiger partial charge in [-0.2, -0.15) is 9.97 Å². The minimum Gasteiger partial charge on any atom is -0.390 e. The van der Waals surface area contributed by atoms with Gasteiger partial charge in [-0.25, -0.2) is 9.97 Å². The van der Waals surface area contributed by atoms with Crippen LogP contribution in [0.5, 0.6) is 0 Å². The maximum Gasteiger partial charge on any atom is 0.230 e. The number of β-amino-alcohol motifs (C(OH)–C–C–N with tert-alkyl or cyclic N) is 2. The quantitative estimate of drug-likeness (QED) is 0.129. The highest BCUT2D eigenvalue weighted by atomic mass is 16.3. The Labute approximate surface area is 364 Å². The molecular weight excluding hydrogens is 781 g/mol. The molecule has 6 aliphatic heterocycles. The van der Waals surface area contributed by atoms with E-state index in [1.54, 1.807) is 12.1 Å². The lowest BCUT2D eigenvalue weighted by Crippen LogP contribution is -2.55. The number of carbonyl (C=O) groups is 1. The molecule has 0 spiro atoms. The molecule has 6 aliphatic rings. The summed E-state index contributed by atoms with van der Waals surface area (Å²) in [4.78, 5) is 43.6. The second kappa shape index (κ2) is 18.5. The van der Waals surface area contributed by atoms with Gasteiger partial charge in [0.2, 0.25) is 17.7 Å². The third kappa shape index (κ3) is 9.15. The molecule has 0 unspecified atom stereocenters. The van der Waals surface area contributed by atoms with Gasteiger partial charge >= 0.3 is 0 Å². The number of piperidine rings is 4. The van der Waals surface area contributed by atoms with Crippen LogP contribution in [0.3, 0.4) is 0 Å². The van der Waals surface area contributed by atoms with Crippen molar-refractivity contribution in [1.82, 2.24) is 40.4 Å². The Morgan fingerprint density at radius 3 is 1.40 bits per heavy atom. The van der Waals surface area contributed by atoms with Crippen molar-refractivity contribution in [3.8, 4) is 0 Å². The van der Waals surface area contributed by atoms with Gasteiger partial charge in [0, 0.05) is 88.7 Å². The fraction of sp³-hybridized carbons (Fsp3) is 0.553. The number of benzene rings is 2. The van der Waals surface area contributed by atoms with Crippen molar-refractivity contribution in [2.24, 2.45) is 0 Å². The van der Waals surface area contributed by atoms with Crippen LogP contribution in [0.2, 0.25) is 0 Å². The van der Waals surface area contributed by atoms with Crippen LogP contribution in [0.1, 0.15) is 77.0 Å². The minimum atomic E-state index is -0.601. The van der Waals surface area contributed by atoms with Gasteiger partial charge in [0.25, 0.3) is 0 Å². The number of aliphatic hydroxyl groups is 2. The molecule has 8 heterocycles. The SMILES string of the molecule is O=C(c1cc(NC2CCNCC2)nc(N2CC[C@@H](N3CCc4ccccc4C3)[C@H](O)C2)n1)c1cc(NC2CCNCC2)nc(N2CC[C@@H](N3CCc4ccccc4C3)[C@H](O)C2)n1. The zero-order valence-electron chi connectivity index (χ0n) is 35.8. The van der Waals surface area contributed by atoms with E-state index in [9.17, 15) is 15.0 Å². The number of hydrogen-bond acceptors (Lipinski definition) is 15. The summed E-state index contributed by atoms with van der Waals surface area (Å²) < 4.78 is 0. The lowest BCUT2D eigenvalue weighted by Gasteiger charge is -2.43. The number of anilines is 4. The smallest absolute Gasteiger partial charge is 0.230 e. The van der Waals surface area contributed by atoms with Crippen LogP contribution >= 0.6 is 0 Å². The summed E-state index contributed by atoms with van der Waals surface area (Å²) in [7, 11) is 0. The van der Waals surface area contributed by atoms with Crippen LogP contribution in [-0.4, -0.2) is 148 Å². The summed E-state index contributed by atoms with van der Waals surface area (Å²) in [6.07, 6.45) is 6.06. The van der Waals surface area contributed by atoms with E-state index < -0.39 is 12.2 Å². The summed E-state index contributed by atoms with van der Waals surface area (Å²) in [5, 5.41) is 37.5. The fourth-order valence-corrected chi connectivity index (χ4v) is 10.7. The van der Waals surface area contributed by atoms with Crippen LogP contribution in [0.15, 0.2) is 60.7 Å². The molecule has 0 bridgehead atoms. The van der Waals surface area contributed by atoms with Gasteiger partial charge in [-0.3, -0.25) is 14.6 Å². The molecule has 4 atom stereocenters. The van der Waals surface area contributed by atoms with Gasteiger partial charge in [0.1, 0.15) is 23.0 Å². The van der Waals surface area contributed by atoms with Crippen LogP contribution < -0.4 is 31.1 Å². The fourth-order valence-electron chi connectivity index (χ4n) is 10.7. The Bertz CT molecular complexity index is 2050. The lowest BCUT2D eigenvalue weighted by molar-refractivity contribution is 0.0291. The van der Waals surface area contributed by atoms with Crippen molar-refractivity contribution in [1.29, 1.82) is 0 Å². The lowest BCUT2D eigenvalue weighted by atomic mass is 9.94. The van der Waals surface area contributed by atoms with E-state index in [2.05, 4.69) is 79.6 Å². The average molecular weight is 843 g/mol. The predicted octanol–water partition coefficient (Wildman–Crippen LogP) is 2.82. The van der Waals surface area contributed by atoms with E-state index in [0.29, 0.717) is 49.7 Å². The van der Waals surface area contributed by atoms with Crippen LogP contribution in [0.25, 0.3) is 0 Å². The molecule has 4 aromatic rings. The molecule has 0 saturated carbocycles. The maximum absolute atomic E-state index is 14.8. The highest BCUT2D eigenvalue weighted by Gasteiger charge is 2.37. The zero-order chi connectivity index (χ0) is 42.0. The summed E-state index contributed by atoms with van der Waals surface area (Å²) in [6, 6.07) is 21.2. The summed E-state index contributed by atoms with van der Waals surface area (Å²) in [5.74, 6) is 1.75. The summed E-state index contributed by atoms with van der Waals surface area (Å²) in [5.41, 5.74) is 5.96. The Morgan fingerprint density at radius 1 is 0.565 bits per heavy atom. The number of carbonyl (C=O) groups excluding carboxylic acids is 1. The summed E-state index contributed by atoms with van der Waals surface area (Å²) in [6.45, 7) is 9.23. The van der Waals surface area contributed by atoms with Gasteiger partial charge in [0.05, 0.1) is 12.2 Å². The predicted molar refractivity (Wildman–Crippen MR) is 241 cm³/mol. The second-order valence-electron chi connectivity index (χ2n) is 18.3. The van der Waals surface area contributed by atoms with Gasteiger partial charge in [-0.05, 0) is 99.8 Å². The first-order valence-corrected chi connectivity index (χ1v) is 23.2. The van der Waals surface area contributed by atoms with Crippen molar-refractivity contribution in [3.63, 3.8) is 0 Å². The van der Waals surface area contributed by atoms with E-state index in [1.807, 2.05) is 9.80 Å². The molecule has 15 heteroatoms. The van der Waals surface area contributed by atoms with Crippen LogP contribution in [0.4, 0.5) is 23.5 Å². The third-order valence-corrected chi connectivity index (χ3v) is 14.2. The van der Waals surface area contributed by atoms with Crippen molar-refractivity contribution in [3.05, 3.63) is 94.3 Å². The Morgan fingerprint density at radius 2 is 0.984 bits per heavy atom. The normalized spacial score (nSPS) is 25.5. The van der Waals surface area contributed by atoms with Crippen molar-refractivity contribution < 1.29 is 15.0 Å². The maximum atomic E-state index is 14.8. The molecule has 4 saturated heterocycles. The Kier molecular flexibility index (Phi) is 12.3. The van der Waals surface area contributed by atoms with E-state index in [0.717, 1.165) is 104 Å². The molecule has 328 valence electrons. The van der Waals surface area contributed by atoms with Crippen LogP contribution in [0, 0.1) is 0 Å². The van der Waals surface area contributed by atoms with Gasteiger partial charge in [-0.1, -0.05) is 48.5 Å². The first-order valence-electron chi connectivity index (χ1n) is 23.2. The van der Waals surface area contributed by atoms with E-state index in [4.69, 9.17) is 19.9 Å².